The van der Waals surface area contributed by atoms with Crippen molar-refractivity contribution in [2.75, 3.05) is 12.4 Å². The SMILES string of the molecule is CNc1cn2cc(C3CC3)cc(Cl)c2n1. The monoisotopic (exact) mass is 221 g/mol. The molecule has 1 saturated carbocycles. The van der Waals surface area contributed by atoms with E-state index in [1.807, 2.05) is 23.7 Å². The molecule has 0 saturated heterocycles. The number of aromatic nitrogens is 2. The third kappa shape index (κ3) is 1.47. The molecule has 0 aliphatic heterocycles. The van der Waals surface area contributed by atoms with Crippen molar-refractivity contribution in [3.63, 3.8) is 0 Å². The molecule has 2 aromatic heterocycles. The minimum atomic E-state index is 0.715. The highest BCUT2D eigenvalue weighted by atomic mass is 35.5. The fourth-order valence-corrected chi connectivity index (χ4v) is 2.10. The first-order valence-electron chi connectivity index (χ1n) is 5.14. The van der Waals surface area contributed by atoms with Crippen molar-refractivity contribution in [1.29, 1.82) is 0 Å². The number of nitrogens with one attached hydrogen (secondary N) is 1. The second-order valence-corrected chi connectivity index (χ2v) is 4.41. The number of hydrogen-bond acceptors (Lipinski definition) is 2. The summed E-state index contributed by atoms with van der Waals surface area (Å²) in [5.74, 6) is 1.57. The highest BCUT2D eigenvalue weighted by Crippen LogP contribution is 2.41. The van der Waals surface area contributed by atoms with E-state index in [1.165, 1.54) is 18.4 Å². The number of rotatable bonds is 2. The minimum Gasteiger partial charge on any atom is -0.372 e. The average Bonchev–Trinajstić information content (AvgIpc) is 2.98. The predicted octanol–water partition coefficient (Wildman–Crippen LogP) is 2.91. The molecular weight excluding hydrogens is 210 g/mol. The molecule has 0 amide bonds. The lowest BCUT2D eigenvalue weighted by Gasteiger charge is -2.01. The van der Waals surface area contributed by atoms with E-state index in [9.17, 15) is 0 Å². The van der Waals surface area contributed by atoms with Crippen LogP contribution in [-0.2, 0) is 0 Å². The molecule has 0 radical (unpaired) electrons. The molecule has 0 unspecified atom stereocenters. The Kier molecular flexibility index (Phi) is 1.89. The number of halogens is 1. The smallest absolute Gasteiger partial charge is 0.158 e. The fraction of sp³-hybridized carbons (Fsp3) is 0.364. The minimum absolute atomic E-state index is 0.715. The van der Waals surface area contributed by atoms with E-state index in [0.717, 1.165) is 16.5 Å². The Balaban J connectivity index is 2.20. The number of pyridine rings is 1. The Morgan fingerprint density at radius 1 is 1.47 bits per heavy atom. The first-order valence-corrected chi connectivity index (χ1v) is 5.51. The molecule has 3 rings (SSSR count). The van der Waals surface area contributed by atoms with Crippen molar-refractivity contribution in [3.8, 4) is 0 Å². The van der Waals surface area contributed by atoms with Crippen LogP contribution in [0.3, 0.4) is 0 Å². The van der Waals surface area contributed by atoms with Gasteiger partial charge in [-0.2, -0.15) is 0 Å². The van der Waals surface area contributed by atoms with Crippen LogP contribution in [0.5, 0.6) is 0 Å². The van der Waals surface area contributed by atoms with Crippen LogP contribution in [-0.4, -0.2) is 16.4 Å². The van der Waals surface area contributed by atoms with Gasteiger partial charge in [0.2, 0.25) is 0 Å². The first-order chi connectivity index (χ1) is 7.28. The molecule has 1 N–H and O–H groups in total. The number of nitrogens with zero attached hydrogens (tertiary/aromatic N) is 2. The Hall–Kier alpha value is -1.22. The Morgan fingerprint density at radius 2 is 2.27 bits per heavy atom. The molecule has 0 bridgehead atoms. The summed E-state index contributed by atoms with van der Waals surface area (Å²) in [4.78, 5) is 4.37. The van der Waals surface area contributed by atoms with Crippen LogP contribution in [0.2, 0.25) is 5.02 Å². The first kappa shape index (κ1) is 9.04. The maximum Gasteiger partial charge on any atom is 0.158 e. The molecule has 1 aliphatic rings. The van der Waals surface area contributed by atoms with Gasteiger partial charge in [0.15, 0.2) is 5.65 Å². The lowest BCUT2D eigenvalue weighted by atomic mass is 10.2. The maximum absolute atomic E-state index is 6.19. The van der Waals surface area contributed by atoms with Gasteiger partial charge in [0.25, 0.3) is 0 Å². The molecule has 2 heterocycles. The highest BCUT2D eigenvalue weighted by Gasteiger charge is 2.24. The van der Waals surface area contributed by atoms with Crippen molar-refractivity contribution >= 4 is 23.1 Å². The molecule has 1 aliphatic carbocycles. The average molecular weight is 222 g/mol. The van der Waals surface area contributed by atoms with Crippen molar-refractivity contribution < 1.29 is 0 Å². The molecular formula is C11H12ClN3. The van der Waals surface area contributed by atoms with Gasteiger partial charge in [-0.3, -0.25) is 0 Å². The Bertz CT molecular complexity index is 514. The summed E-state index contributed by atoms with van der Waals surface area (Å²) in [6.07, 6.45) is 6.67. The van der Waals surface area contributed by atoms with Crippen molar-refractivity contribution in [3.05, 3.63) is 29.0 Å². The van der Waals surface area contributed by atoms with Gasteiger partial charge in [0.1, 0.15) is 5.82 Å². The van der Waals surface area contributed by atoms with Crippen LogP contribution in [0.4, 0.5) is 5.82 Å². The topological polar surface area (TPSA) is 29.3 Å². The van der Waals surface area contributed by atoms with Crippen LogP contribution in [0.1, 0.15) is 24.3 Å². The molecule has 0 spiro atoms. The zero-order valence-electron chi connectivity index (χ0n) is 8.50. The summed E-state index contributed by atoms with van der Waals surface area (Å²) in [7, 11) is 1.86. The van der Waals surface area contributed by atoms with Crippen molar-refractivity contribution in [2.45, 2.75) is 18.8 Å². The van der Waals surface area contributed by atoms with Crippen LogP contribution in [0.15, 0.2) is 18.5 Å². The number of hydrogen-bond donors (Lipinski definition) is 1. The Labute approximate surface area is 93.1 Å². The van der Waals surface area contributed by atoms with Crippen LogP contribution in [0.25, 0.3) is 5.65 Å². The van der Waals surface area contributed by atoms with Gasteiger partial charge in [-0.25, -0.2) is 4.98 Å². The standard InChI is InChI=1S/C11H12ClN3/c1-13-10-6-15-5-8(7-2-3-7)4-9(12)11(15)14-10/h4-7,13H,2-3H2,1H3. The predicted molar refractivity (Wildman–Crippen MR) is 61.7 cm³/mol. The Morgan fingerprint density at radius 3 is 2.93 bits per heavy atom. The van der Waals surface area contributed by atoms with E-state index >= 15 is 0 Å². The van der Waals surface area contributed by atoms with Crippen molar-refractivity contribution in [1.82, 2.24) is 9.38 Å². The zero-order chi connectivity index (χ0) is 10.4. The molecule has 0 aromatic carbocycles. The normalized spacial score (nSPS) is 15.9. The van der Waals surface area contributed by atoms with Gasteiger partial charge >= 0.3 is 0 Å². The second-order valence-electron chi connectivity index (χ2n) is 4.00. The van der Waals surface area contributed by atoms with Gasteiger partial charge in [-0.15, -0.1) is 0 Å². The molecule has 3 nitrogen and oxygen atoms in total. The quantitative estimate of drug-likeness (QED) is 0.845. The van der Waals surface area contributed by atoms with Crippen molar-refractivity contribution in [2.24, 2.45) is 0 Å². The van der Waals surface area contributed by atoms with Crippen LogP contribution >= 0.6 is 11.6 Å². The number of anilines is 1. The lowest BCUT2D eigenvalue weighted by Crippen LogP contribution is -1.88. The van der Waals surface area contributed by atoms with E-state index < -0.39 is 0 Å². The molecule has 4 heteroatoms. The van der Waals surface area contributed by atoms with Gasteiger partial charge in [-0.1, -0.05) is 11.6 Å². The van der Waals surface area contributed by atoms with E-state index in [4.69, 9.17) is 11.6 Å². The molecule has 78 valence electrons. The largest absolute Gasteiger partial charge is 0.372 e. The maximum atomic E-state index is 6.19. The summed E-state index contributed by atoms with van der Waals surface area (Å²) < 4.78 is 2.00. The molecule has 1 fully saturated rings. The fourth-order valence-electron chi connectivity index (χ4n) is 1.84. The van der Waals surface area contributed by atoms with E-state index in [0.29, 0.717) is 5.92 Å². The van der Waals surface area contributed by atoms with Gasteiger partial charge in [-0.05, 0) is 30.4 Å². The van der Waals surface area contributed by atoms with Gasteiger partial charge in [0.05, 0.1) is 11.2 Å². The van der Waals surface area contributed by atoms with Gasteiger partial charge in [0, 0.05) is 13.2 Å². The summed E-state index contributed by atoms with van der Waals surface area (Å²) in [6.45, 7) is 0. The third-order valence-electron chi connectivity index (χ3n) is 2.83. The van der Waals surface area contributed by atoms with E-state index in [-0.39, 0.29) is 0 Å². The molecule has 0 atom stereocenters. The summed E-state index contributed by atoms with van der Waals surface area (Å²) in [6, 6.07) is 2.04. The summed E-state index contributed by atoms with van der Waals surface area (Å²) in [5.41, 5.74) is 2.15. The summed E-state index contributed by atoms with van der Waals surface area (Å²) >= 11 is 6.19. The van der Waals surface area contributed by atoms with Crippen LogP contribution < -0.4 is 5.32 Å². The van der Waals surface area contributed by atoms with Gasteiger partial charge < -0.3 is 9.72 Å². The molecule has 2 aromatic rings. The van der Waals surface area contributed by atoms with E-state index in [2.05, 4.69) is 16.5 Å². The van der Waals surface area contributed by atoms with Crippen LogP contribution in [0, 0.1) is 0 Å². The number of fused-ring (bicyclic) bond motifs is 1. The highest BCUT2D eigenvalue weighted by molar-refractivity contribution is 6.33. The second kappa shape index (κ2) is 3.14. The number of imidazole rings is 1. The summed E-state index contributed by atoms with van der Waals surface area (Å²) in [5, 5.41) is 3.75. The zero-order valence-corrected chi connectivity index (χ0v) is 9.25. The molecule has 15 heavy (non-hydrogen) atoms. The van der Waals surface area contributed by atoms with E-state index in [1.54, 1.807) is 0 Å². The third-order valence-corrected chi connectivity index (χ3v) is 3.11. The lowest BCUT2D eigenvalue weighted by molar-refractivity contribution is 1.06.